The van der Waals surface area contributed by atoms with Crippen LogP contribution in [-0.4, -0.2) is 12.2 Å². The van der Waals surface area contributed by atoms with Crippen molar-refractivity contribution in [2.24, 2.45) is 17.3 Å². The van der Waals surface area contributed by atoms with Crippen LogP contribution < -0.4 is 0 Å². The Labute approximate surface area is 93.6 Å². The van der Waals surface area contributed by atoms with Crippen LogP contribution in [0.25, 0.3) is 0 Å². The van der Waals surface area contributed by atoms with Gasteiger partial charge >= 0.3 is 0 Å². The zero-order valence-electron chi connectivity index (χ0n) is 10.2. The largest absolute Gasteiger partial charge is 0.375 e. The molecule has 0 aromatic rings. The fourth-order valence-corrected chi connectivity index (χ4v) is 3.45. The van der Waals surface area contributed by atoms with E-state index in [0.717, 1.165) is 18.4 Å². The summed E-state index contributed by atoms with van der Waals surface area (Å²) in [7, 11) is 0. The van der Waals surface area contributed by atoms with E-state index in [2.05, 4.69) is 13.8 Å². The molecular formula is C14H24O. The summed E-state index contributed by atoms with van der Waals surface area (Å²) in [6.45, 7) is 5.90. The molecule has 1 heterocycles. The lowest BCUT2D eigenvalue weighted by molar-refractivity contribution is -0.0908. The predicted molar refractivity (Wildman–Crippen MR) is 61.8 cm³/mol. The van der Waals surface area contributed by atoms with Crippen LogP contribution in [0.4, 0.5) is 0 Å². The molecule has 1 heteroatoms. The van der Waals surface area contributed by atoms with E-state index >= 15 is 0 Å². The van der Waals surface area contributed by atoms with E-state index in [1.54, 1.807) is 0 Å². The molecule has 2 aliphatic carbocycles. The second-order valence-corrected chi connectivity index (χ2v) is 6.95. The smallest absolute Gasteiger partial charge is 0.0683 e. The zero-order valence-corrected chi connectivity index (χ0v) is 10.2. The van der Waals surface area contributed by atoms with E-state index in [1.165, 1.54) is 44.9 Å². The van der Waals surface area contributed by atoms with Crippen molar-refractivity contribution in [3.63, 3.8) is 0 Å². The molecule has 3 aliphatic rings. The van der Waals surface area contributed by atoms with Crippen molar-refractivity contribution in [3.05, 3.63) is 0 Å². The highest BCUT2D eigenvalue weighted by atomic mass is 16.5. The van der Waals surface area contributed by atoms with Gasteiger partial charge in [-0.1, -0.05) is 13.8 Å². The Morgan fingerprint density at radius 1 is 0.933 bits per heavy atom. The molecule has 0 aromatic carbocycles. The molecule has 1 spiro atoms. The molecule has 0 N–H and O–H groups in total. The van der Waals surface area contributed by atoms with Crippen LogP contribution in [0.1, 0.15) is 58.8 Å². The van der Waals surface area contributed by atoms with Crippen molar-refractivity contribution in [2.75, 3.05) is 6.61 Å². The average molecular weight is 208 g/mol. The molecule has 2 saturated carbocycles. The predicted octanol–water partition coefficient (Wildman–Crippen LogP) is 3.77. The van der Waals surface area contributed by atoms with Gasteiger partial charge in [-0.2, -0.15) is 0 Å². The maximum absolute atomic E-state index is 6.28. The number of hydrogen-bond donors (Lipinski definition) is 0. The maximum Gasteiger partial charge on any atom is 0.0683 e. The van der Waals surface area contributed by atoms with Crippen molar-refractivity contribution in [2.45, 2.75) is 64.4 Å². The Morgan fingerprint density at radius 3 is 2.40 bits per heavy atom. The van der Waals surface area contributed by atoms with Crippen LogP contribution >= 0.6 is 0 Å². The van der Waals surface area contributed by atoms with Crippen molar-refractivity contribution in [1.82, 2.24) is 0 Å². The van der Waals surface area contributed by atoms with Gasteiger partial charge in [0.25, 0.3) is 0 Å². The summed E-state index contributed by atoms with van der Waals surface area (Å²) in [4.78, 5) is 0. The van der Waals surface area contributed by atoms with E-state index in [0.29, 0.717) is 11.0 Å². The van der Waals surface area contributed by atoms with Gasteiger partial charge in [-0.3, -0.25) is 0 Å². The van der Waals surface area contributed by atoms with Gasteiger partial charge in [0.1, 0.15) is 0 Å². The standard InChI is InChI=1S/C14H24O/c1-13(2)5-7-14(8-6-13)4-3-11-9-12(11)10-15-14/h11-12H,3-10H2,1-2H3. The van der Waals surface area contributed by atoms with Gasteiger partial charge in [-0.15, -0.1) is 0 Å². The van der Waals surface area contributed by atoms with Crippen LogP contribution in [0.15, 0.2) is 0 Å². The Morgan fingerprint density at radius 2 is 1.67 bits per heavy atom. The van der Waals surface area contributed by atoms with E-state index < -0.39 is 0 Å². The fourth-order valence-electron chi connectivity index (χ4n) is 3.45. The molecule has 15 heavy (non-hydrogen) atoms. The summed E-state index contributed by atoms with van der Waals surface area (Å²) in [5.74, 6) is 1.98. The highest BCUT2D eigenvalue weighted by molar-refractivity contribution is 4.97. The molecule has 0 aromatic heterocycles. The number of hydrogen-bond acceptors (Lipinski definition) is 1. The minimum atomic E-state index is 0.308. The third-order valence-electron chi connectivity index (χ3n) is 5.16. The van der Waals surface area contributed by atoms with E-state index in [9.17, 15) is 0 Å². The molecule has 2 unspecified atom stereocenters. The maximum atomic E-state index is 6.28. The molecular weight excluding hydrogens is 184 g/mol. The molecule has 0 radical (unpaired) electrons. The van der Waals surface area contributed by atoms with Crippen LogP contribution in [0.2, 0.25) is 0 Å². The molecule has 1 saturated heterocycles. The normalized spacial score (nSPS) is 42.0. The molecule has 3 rings (SSSR count). The summed E-state index contributed by atoms with van der Waals surface area (Å²) in [5.41, 5.74) is 0.882. The van der Waals surface area contributed by atoms with Crippen LogP contribution in [-0.2, 0) is 4.74 Å². The second-order valence-electron chi connectivity index (χ2n) is 6.95. The van der Waals surface area contributed by atoms with E-state index in [-0.39, 0.29) is 0 Å². The fraction of sp³-hybridized carbons (Fsp3) is 1.00. The average Bonchev–Trinajstić information content (AvgIpc) is 2.93. The van der Waals surface area contributed by atoms with Crippen LogP contribution in [0.5, 0.6) is 0 Å². The Kier molecular flexibility index (Phi) is 2.18. The minimum Gasteiger partial charge on any atom is -0.375 e. The van der Waals surface area contributed by atoms with Gasteiger partial charge in [-0.05, 0) is 62.2 Å². The highest BCUT2D eigenvalue weighted by Crippen LogP contribution is 2.52. The van der Waals surface area contributed by atoms with Gasteiger partial charge in [0, 0.05) is 0 Å². The lowest BCUT2D eigenvalue weighted by atomic mass is 9.69. The van der Waals surface area contributed by atoms with Crippen LogP contribution in [0.3, 0.4) is 0 Å². The van der Waals surface area contributed by atoms with E-state index in [4.69, 9.17) is 4.74 Å². The molecule has 0 bridgehead atoms. The van der Waals surface area contributed by atoms with Crippen molar-refractivity contribution < 1.29 is 4.74 Å². The lowest BCUT2D eigenvalue weighted by Gasteiger charge is -2.43. The van der Waals surface area contributed by atoms with Gasteiger partial charge < -0.3 is 4.74 Å². The van der Waals surface area contributed by atoms with Gasteiger partial charge in [0.2, 0.25) is 0 Å². The summed E-state index contributed by atoms with van der Waals surface area (Å²) in [5, 5.41) is 0. The third kappa shape index (κ3) is 1.95. The SMILES string of the molecule is CC1(C)CCC2(CCC3CC3CO2)CC1. The van der Waals surface area contributed by atoms with Crippen molar-refractivity contribution >= 4 is 0 Å². The summed E-state index contributed by atoms with van der Waals surface area (Å²) in [6, 6.07) is 0. The van der Waals surface area contributed by atoms with Gasteiger partial charge in [-0.25, -0.2) is 0 Å². The number of rotatable bonds is 0. The topological polar surface area (TPSA) is 9.23 Å². The summed E-state index contributed by atoms with van der Waals surface area (Å²) >= 11 is 0. The molecule has 86 valence electrons. The first-order chi connectivity index (χ1) is 7.09. The number of ether oxygens (including phenoxy) is 1. The number of fused-ring (bicyclic) bond motifs is 1. The summed E-state index contributed by atoms with van der Waals surface area (Å²) < 4.78 is 6.28. The first-order valence-corrected chi connectivity index (χ1v) is 6.73. The van der Waals surface area contributed by atoms with Crippen molar-refractivity contribution in [3.8, 4) is 0 Å². The zero-order chi connectivity index (χ0) is 10.5. The monoisotopic (exact) mass is 208 g/mol. The second kappa shape index (κ2) is 3.23. The third-order valence-corrected chi connectivity index (χ3v) is 5.16. The Bertz CT molecular complexity index is 232. The molecule has 0 amide bonds. The van der Waals surface area contributed by atoms with Gasteiger partial charge in [0.05, 0.1) is 12.2 Å². The first-order valence-electron chi connectivity index (χ1n) is 6.73. The quantitative estimate of drug-likeness (QED) is 0.589. The lowest BCUT2D eigenvalue weighted by Crippen LogP contribution is -2.39. The Balaban J connectivity index is 1.65. The molecule has 3 fully saturated rings. The first kappa shape index (κ1) is 10.1. The van der Waals surface area contributed by atoms with Crippen molar-refractivity contribution in [1.29, 1.82) is 0 Å². The molecule has 2 atom stereocenters. The molecule has 1 nitrogen and oxygen atoms in total. The minimum absolute atomic E-state index is 0.308. The van der Waals surface area contributed by atoms with Crippen LogP contribution in [0, 0.1) is 17.3 Å². The summed E-state index contributed by atoms with van der Waals surface area (Å²) in [6.07, 6.45) is 9.63. The van der Waals surface area contributed by atoms with E-state index in [1.807, 2.05) is 0 Å². The highest BCUT2D eigenvalue weighted by Gasteiger charge is 2.47. The van der Waals surface area contributed by atoms with Gasteiger partial charge in [0.15, 0.2) is 0 Å². The Hall–Kier alpha value is -0.0400. The molecule has 1 aliphatic heterocycles.